The van der Waals surface area contributed by atoms with Crippen LogP contribution >= 0.6 is 34.2 Å². The molecule has 0 N–H and O–H groups in total. The summed E-state index contributed by atoms with van der Waals surface area (Å²) in [6.07, 6.45) is 7.63. The van der Waals surface area contributed by atoms with E-state index in [1.54, 1.807) is 0 Å². The van der Waals surface area contributed by atoms with E-state index in [4.69, 9.17) is 11.6 Å². The first kappa shape index (κ1) is 13.0. The van der Waals surface area contributed by atoms with Crippen molar-refractivity contribution in [1.29, 1.82) is 0 Å². The van der Waals surface area contributed by atoms with Gasteiger partial charge < -0.3 is 0 Å². The van der Waals surface area contributed by atoms with Crippen LogP contribution in [0.15, 0.2) is 0 Å². The lowest BCUT2D eigenvalue weighted by Gasteiger charge is -2.15. The molecule has 0 rings (SSSR count). The van der Waals surface area contributed by atoms with Crippen LogP contribution in [0.25, 0.3) is 0 Å². The fraction of sp³-hybridized carbons (Fsp3) is 1.00. The SMILES string of the molecule is CCCC[C@@H](Cl)[C@@H](I)CCCC. The molecule has 0 radical (unpaired) electrons. The maximum absolute atomic E-state index is 6.24. The number of rotatable bonds is 7. The molecule has 0 aromatic heterocycles. The molecule has 0 amide bonds. The summed E-state index contributed by atoms with van der Waals surface area (Å²) in [4.78, 5) is 0. The van der Waals surface area contributed by atoms with E-state index in [1.165, 1.54) is 38.5 Å². The second-order valence-electron chi connectivity index (χ2n) is 3.32. The molecule has 0 bridgehead atoms. The van der Waals surface area contributed by atoms with E-state index in [2.05, 4.69) is 36.4 Å². The summed E-state index contributed by atoms with van der Waals surface area (Å²) in [7, 11) is 0. The first-order chi connectivity index (χ1) is 5.72. The van der Waals surface area contributed by atoms with E-state index in [0.717, 1.165) is 0 Å². The predicted molar refractivity (Wildman–Crippen MR) is 66.5 cm³/mol. The van der Waals surface area contributed by atoms with E-state index in [0.29, 0.717) is 9.30 Å². The summed E-state index contributed by atoms with van der Waals surface area (Å²) >= 11 is 8.74. The van der Waals surface area contributed by atoms with Gasteiger partial charge in [0, 0.05) is 9.30 Å². The first-order valence-corrected chi connectivity index (χ1v) is 6.68. The molecule has 12 heavy (non-hydrogen) atoms. The van der Waals surface area contributed by atoms with Gasteiger partial charge in [0.15, 0.2) is 0 Å². The Labute approximate surface area is 95.6 Å². The highest BCUT2D eigenvalue weighted by Crippen LogP contribution is 2.23. The molecule has 0 nitrogen and oxygen atoms in total. The Morgan fingerprint density at radius 1 is 1.08 bits per heavy atom. The van der Waals surface area contributed by atoms with Crippen LogP contribution in [0.5, 0.6) is 0 Å². The Morgan fingerprint density at radius 3 is 2.08 bits per heavy atom. The van der Waals surface area contributed by atoms with Crippen molar-refractivity contribution in [3.8, 4) is 0 Å². The monoisotopic (exact) mass is 302 g/mol. The highest BCUT2D eigenvalue weighted by atomic mass is 127. The number of alkyl halides is 2. The Balaban J connectivity index is 3.39. The number of hydrogen-bond acceptors (Lipinski definition) is 0. The quantitative estimate of drug-likeness (QED) is 0.469. The smallest absolute Gasteiger partial charge is 0.0453 e. The van der Waals surface area contributed by atoms with Crippen molar-refractivity contribution in [2.75, 3.05) is 0 Å². The third kappa shape index (κ3) is 6.53. The molecule has 0 fully saturated rings. The zero-order chi connectivity index (χ0) is 9.40. The summed E-state index contributed by atoms with van der Waals surface area (Å²) in [6.45, 7) is 4.45. The second kappa shape index (κ2) is 8.61. The maximum Gasteiger partial charge on any atom is 0.0453 e. The van der Waals surface area contributed by atoms with Crippen LogP contribution in [-0.4, -0.2) is 9.30 Å². The standard InChI is InChI=1S/C10H20ClI/c1-3-5-7-9(11)10(12)8-6-4-2/h9-10H,3-8H2,1-2H3/t9-,10+/m1/s1. The van der Waals surface area contributed by atoms with Gasteiger partial charge in [-0.1, -0.05) is 62.1 Å². The van der Waals surface area contributed by atoms with Gasteiger partial charge in [0.1, 0.15) is 0 Å². The topological polar surface area (TPSA) is 0 Å². The fourth-order valence-corrected chi connectivity index (χ4v) is 2.24. The second-order valence-corrected chi connectivity index (χ2v) is 5.48. The summed E-state index contributed by atoms with van der Waals surface area (Å²) in [5, 5.41) is 0.400. The van der Waals surface area contributed by atoms with Crippen molar-refractivity contribution in [3.63, 3.8) is 0 Å². The first-order valence-electron chi connectivity index (χ1n) is 5.00. The molecule has 74 valence electrons. The van der Waals surface area contributed by atoms with Gasteiger partial charge in [-0.15, -0.1) is 11.6 Å². The average Bonchev–Trinajstić information content (AvgIpc) is 2.10. The lowest BCUT2D eigenvalue weighted by Crippen LogP contribution is -2.13. The highest BCUT2D eigenvalue weighted by molar-refractivity contribution is 14.1. The molecular weight excluding hydrogens is 282 g/mol. The molecule has 0 spiro atoms. The molecule has 0 aromatic rings. The van der Waals surface area contributed by atoms with E-state index in [-0.39, 0.29) is 0 Å². The van der Waals surface area contributed by atoms with Gasteiger partial charge in [-0.2, -0.15) is 0 Å². The van der Waals surface area contributed by atoms with Crippen LogP contribution < -0.4 is 0 Å². The van der Waals surface area contributed by atoms with Crippen molar-refractivity contribution in [3.05, 3.63) is 0 Å². The third-order valence-corrected chi connectivity index (χ3v) is 4.50. The molecule has 2 heteroatoms. The van der Waals surface area contributed by atoms with Crippen molar-refractivity contribution in [2.45, 2.75) is 61.7 Å². The summed E-state index contributed by atoms with van der Waals surface area (Å²) in [6, 6.07) is 0. The third-order valence-electron chi connectivity index (χ3n) is 2.06. The van der Waals surface area contributed by atoms with Crippen LogP contribution in [0.3, 0.4) is 0 Å². The fourth-order valence-electron chi connectivity index (χ4n) is 1.16. The summed E-state index contributed by atoms with van der Waals surface area (Å²) in [5.74, 6) is 0. The Kier molecular flexibility index (Phi) is 9.34. The maximum atomic E-state index is 6.24. The van der Waals surface area contributed by atoms with Gasteiger partial charge in [0.05, 0.1) is 0 Å². The number of halogens is 2. The minimum atomic E-state index is 0.400. The van der Waals surface area contributed by atoms with E-state index >= 15 is 0 Å². The van der Waals surface area contributed by atoms with Crippen molar-refractivity contribution >= 4 is 34.2 Å². The van der Waals surface area contributed by atoms with E-state index in [1.807, 2.05) is 0 Å². The Bertz CT molecular complexity index is 83.8. The zero-order valence-corrected chi connectivity index (χ0v) is 11.1. The molecule has 0 aliphatic rings. The largest absolute Gasteiger partial charge is 0.122 e. The molecular formula is C10H20ClI. The highest BCUT2D eigenvalue weighted by Gasteiger charge is 2.14. The van der Waals surface area contributed by atoms with Gasteiger partial charge in [-0.3, -0.25) is 0 Å². The van der Waals surface area contributed by atoms with Crippen LogP contribution in [0.4, 0.5) is 0 Å². The summed E-state index contributed by atoms with van der Waals surface area (Å²) < 4.78 is 0.677. The van der Waals surface area contributed by atoms with Gasteiger partial charge in [-0.25, -0.2) is 0 Å². The van der Waals surface area contributed by atoms with Crippen LogP contribution in [0.2, 0.25) is 0 Å². The van der Waals surface area contributed by atoms with E-state index < -0.39 is 0 Å². The number of hydrogen-bond donors (Lipinski definition) is 0. The Morgan fingerprint density at radius 2 is 1.58 bits per heavy atom. The molecule has 0 saturated heterocycles. The molecule has 0 aliphatic carbocycles. The lowest BCUT2D eigenvalue weighted by atomic mass is 10.1. The van der Waals surface area contributed by atoms with Gasteiger partial charge >= 0.3 is 0 Å². The molecule has 0 saturated carbocycles. The normalized spacial score (nSPS) is 16.0. The zero-order valence-electron chi connectivity index (χ0n) is 8.15. The predicted octanol–water partition coefficient (Wildman–Crippen LogP) is 4.78. The number of unbranched alkanes of at least 4 members (excludes halogenated alkanes) is 2. The van der Waals surface area contributed by atoms with Crippen LogP contribution in [-0.2, 0) is 0 Å². The molecule has 0 heterocycles. The molecule has 0 aromatic carbocycles. The minimum Gasteiger partial charge on any atom is -0.122 e. The van der Waals surface area contributed by atoms with Crippen molar-refractivity contribution in [1.82, 2.24) is 0 Å². The molecule has 0 aliphatic heterocycles. The van der Waals surface area contributed by atoms with Crippen LogP contribution in [0.1, 0.15) is 52.4 Å². The molecule has 0 unspecified atom stereocenters. The minimum absolute atomic E-state index is 0.400. The van der Waals surface area contributed by atoms with Crippen LogP contribution in [0, 0.1) is 0 Å². The van der Waals surface area contributed by atoms with E-state index in [9.17, 15) is 0 Å². The van der Waals surface area contributed by atoms with Crippen molar-refractivity contribution < 1.29 is 0 Å². The van der Waals surface area contributed by atoms with Gasteiger partial charge in [-0.05, 0) is 12.8 Å². The Hall–Kier alpha value is 1.02. The lowest BCUT2D eigenvalue weighted by molar-refractivity contribution is 0.616. The molecule has 2 atom stereocenters. The van der Waals surface area contributed by atoms with Gasteiger partial charge in [0.25, 0.3) is 0 Å². The van der Waals surface area contributed by atoms with Crippen molar-refractivity contribution in [2.24, 2.45) is 0 Å². The van der Waals surface area contributed by atoms with Gasteiger partial charge in [0.2, 0.25) is 0 Å². The average molecular weight is 303 g/mol. The summed E-state index contributed by atoms with van der Waals surface area (Å²) in [5.41, 5.74) is 0.